The quantitative estimate of drug-likeness (QED) is 0.384. The van der Waals surface area contributed by atoms with Crippen LogP contribution in [0.4, 0.5) is 16.4 Å². The van der Waals surface area contributed by atoms with Gasteiger partial charge in [-0.2, -0.15) is 4.31 Å². The van der Waals surface area contributed by atoms with E-state index in [1.165, 1.54) is 20.0 Å². The van der Waals surface area contributed by atoms with Crippen LogP contribution in [0.5, 0.6) is 0 Å². The van der Waals surface area contributed by atoms with E-state index in [4.69, 9.17) is 23.2 Å². The number of urea groups is 1. The first-order valence-corrected chi connectivity index (χ1v) is 16.3. The monoisotopic (exact) mass is 696 g/mol. The molecule has 0 aliphatic carbocycles. The summed E-state index contributed by atoms with van der Waals surface area (Å²) in [6.07, 6.45) is 1.49. The van der Waals surface area contributed by atoms with Gasteiger partial charge in [0.15, 0.2) is 5.03 Å². The summed E-state index contributed by atoms with van der Waals surface area (Å²) >= 11 is 16.0. The van der Waals surface area contributed by atoms with Crippen LogP contribution in [0.3, 0.4) is 0 Å². The summed E-state index contributed by atoms with van der Waals surface area (Å²) in [5, 5.41) is 3.46. The molecule has 224 valence electrons. The lowest BCUT2D eigenvalue weighted by Crippen LogP contribution is -2.56. The third kappa shape index (κ3) is 5.79. The Morgan fingerprint density at radius 3 is 2.21 bits per heavy atom. The number of nitrogens with zero attached hydrogens (tertiary/aromatic N) is 5. The van der Waals surface area contributed by atoms with E-state index >= 15 is 0 Å². The second kappa shape index (κ2) is 11.1. The molecule has 0 spiro atoms. The summed E-state index contributed by atoms with van der Waals surface area (Å²) in [6, 6.07) is 12.0. The summed E-state index contributed by atoms with van der Waals surface area (Å²) < 4.78 is 32.0. The summed E-state index contributed by atoms with van der Waals surface area (Å²) in [4.78, 5) is 34.3. The zero-order valence-electron chi connectivity index (χ0n) is 23.6. The second-order valence-electron chi connectivity index (χ2n) is 11.6. The lowest BCUT2D eigenvalue weighted by Gasteiger charge is -2.36. The van der Waals surface area contributed by atoms with Crippen molar-refractivity contribution in [2.24, 2.45) is 0 Å². The molecule has 3 amide bonds. The highest BCUT2D eigenvalue weighted by molar-refractivity contribution is 9.10. The number of halogens is 3. The van der Waals surface area contributed by atoms with Crippen molar-refractivity contribution in [3.8, 4) is 0 Å². The van der Waals surface area contributed by atoms with Gasteiger partial charge in [-0.25, -0.2) is 23.1 Å². The van der Waals surface area contributed by atoms with Gasteiger partial charge in [0.05, 0.1) is 11.9 Å². The van der Waals surface area contributed by atoms with Gasteiger partial charge in [0.25, 0.3) is 15.9 Å². The fraction of sp³-hybridized carbons (Fsp3) is 0.393. The van der Waals surface area contributed by atoms with Gasteiger partial charge in [-0.05, 0) is 63.6 Å². The number of nitrogens with one attached hydrogen (secondary N) is 1. The molecule has 0 radical (unpaired) electrons. The molecule has 0 saturated carbocycles. The van der Waals surface area contributed by atoms with Crippen LogP contribution in [0, 0.1) is 0 Å². The minimum atomic E-state index is -4.11. The molecule has 5 rings (SSSR count). The molecular formula is C28H31BrCl2N6O4S. The Kier molecular flexibility index (Phi) is 8.16. The Hall–Kier alpha value is -2.64. The predicted octanol–water partition coefficient (Wildman–Crippen LogP) is 5.40. The van der Waals surface area contributed by atoms with Crippen LogP contribution in [-0.4, -0.2) is 70.8 Å². The van der Waals surface area contributed by atoms with Crippen molar-refractivity contribution in [2.45, 2.75) is 50.2 Å². The van der Waals surface area contributed by atoms with Gasteiger partial charge in [-0.15, -0.1) is 0 Å². The van der Waals surface area contributed by atoms with Gasteiger partial charge < -0.3 is 10.2 Å². The second-order valence-corrected chi connectivity index (χ2v) is 15.3. The molecule has 2 aliphatic heterocycles. The third-order valence-corrected chi connectivity index (χ3v) is 10.1. The summed E-state index contributed by atoms with van der Waals surface area (Å²) in [5.41, 5.74) is -0.540. The number of anilines is 2. The third-order valence-electron chi connectivity index (χ3n) is 7.25. The van der Waals surface area contributed by atoms with Crippen molar-refractivity contribution in [1.29, 1.82) is 0 Å². The zero-order chi connectivity index (χ0) is 30.6. The smallest absolute Gasteiger partial charge is 0.317 e. The summed E-state index contributed by atoms with van der Waals surface area (Å²) in [6.45, 7) is 8.03. The van der Waals surface area contributed by atoms with E-state index in [-0.39, 0.29) is 55.5 Å². The Labute approximate surface area is 263 Å². The van der Waals surface area contributed by atoms with Crippen LogP contribution in [-0.2, 0) is 26.8 Å². The largest absolute Gasteiger partial charge is 0.333 e. The van der Waals surface area contributed by atoms with Crippen molar-refractivity contribution in [3.63, 3.8) is 0 Å². The minimum Gasteiger partial charge on any atom is -0.333 e. The number of carbonyl (C=O) groups excluding carboxylic acids is 2. The Morgan fingerprint density at radius 1 is 1.05 bits per heavy atom. The molecule has 2 aromatic carbocycles. The van der Waals surface area contributed by atoms with E-state index in [9.17, 15) is 18.0 Å². The molecule has 10 nitrogen and oxygen atoms in total. The number of piperazine rings is 1. The number of sulfonamides is 1. The number of fused-ring (bicyclic) bond motifs is 1. The molecule has 3 heterocycles. The molecule has 3 aromatic rings. The molecule has 14 heteroatoms. The van der Waals surface area contributed by atoms with Crippen LogP contribution in [0.2, 0.25) is 10.0 Å². The number of carbonyl (C=O) groups is 2. The first-order chi connectivity index (χ1) is 19.6. The van der Waals surface area contributed by atoms with Crippen molar-refractivity contribution < 1.29 is 18.0 Å². The highest BCUT2D eigenvalue weighted by Gasteiger charge is 2.52. The SMILES string of the molecule is CC(C)(C)NC(=O)N1CCN(S(=O)(=O)c2cnc3n2[C@](C)(Cc2ccc(Br)cc2)C(=O)N3c2cc(Cl)cc(Cl)c2)CC1. The van der Waals surface area contributed by atoms with Gasteiger partial charge in [-0.1, -0.05) is 51.3 Å². The molecule has 1 aromatic heterocycles. The van der Waals surface area contributed by atoms with Crippen LogP contribution in [0.15, 0.2) is 58.2 Å². The number of imidazole rings is 1. The zero-order valence-corrected chi connectivity index (χ0v) is 27.5. The molecular weight excluding hydrogens is 667 g/mol. The van der Waals surface area contributed by atoms with Crippen molar-refractivity contribution in [3.05, 3.63) is 68.7 Å². The lowest BCUT2D eigenvalue weighted by molar-refractivity contribution is -0.124. The molecule has 2 aliphatic rings. The van der Waals surface area contributed by atoms with Crippen LogP contribution in [0.1, 0.15) is 33.3 Å². The predicted molar refractivity (Wildman–Crippen MR) is 166 cm³/mol. The lowest BCUT2D eigenvalue weighted by atomic mass is 9.92. The van der Waals surface area contributed by atoms with E-state index in [0.29, 0.717) is 15.7 Å². The number of aromatic nitrogens is 2. The Morgan fingerprint density at radius 2 is 1.64 bits per heavy atom. The first-order valence-electron chi connectivity index (χ1n) is 13.3. The van der Waals surface area contributed by atoms with Crippen LogP contribution in [0.25, 0.3) is 0 Å². The van der Waals surface area contributed by atoms with Crippen LogP contribution < -0.4 is 10.2 Å². The van der Waals surface area contributed by atoms with E-state index in [0.717, 1.165) is 10.0 Å². The maximum absolute atomic E-state index is 14.2. The maximum atomic E-state index is 14.2. The van der Waals surface area contributed by atoms with Crippen molar-refractivity contribution in [2.75, 3.05) is 31.1 Å². The molecule has 1 atom stereocenters. The van der Waals surface area contributed by atoms with Gasteiger partial charge in [-0.3, -0.25) is 9.36 Å². The molecule has 1 fully saturated rings. The standard InChI is InChI=1S/C28H31BrCl2N6O4S/c1-27(2,3)33-26(39)34-9-11-35(12-10-34)42(40,41)23-17-32-25-36(22-14-20(30)13-21(31)15-22)24(38)28(4,37(23)25)16-18-5-7-19(29)8-6-18/h5-8,13-15,17H,9-12,16H2,1-4H3,(H,33,39)/t28-/m1/s1. The van der Waals surface area contributed by atoms with E-state index in [1.807, 2.05) is 45.0 Å². The Bertz CT molecular complexity index is 1630. The molecule has 1 saturated heterocycles. The molecule has 0 bridgehead atoms. The molecule has 0 unspecified atom stereocenters. The normalized spacial score (nSPS) is 19.7. The van der Waals surface area contributed by atoms with E-state index in [1.54, 1.807) is 30.0 Å². The number of hydrogen-bond acceptors (Lipinski definition) is 5. The first kappa shape index (κ1) is 30.8. The average Bonchev–Trinajstić information content (AvgIpc) is 3.42. The van der Waals surface area contributed by atoms with Crippen molar-refractivity contribution >= 4 is 72.7 Å². The fourth-order valence-electron chi connectivity index (χ4n) is 5.28. The van der Waals surface area contributed by atoms with Gasteiger partial charge in [0, 0.05) is 52.7 Å². The topological polar surface area (TPSA) is 108 Å². The van der Waals surface area contributed by atoms with Gasteiger partial charge in [0.1, 0.15) is 5.54 Å². The van der Waals surface area contributed by atoms with Crippen LogP contribution >= 0.6 is 39.1 Å². The van der Waals surface area contributed by atoms with E-state index < -0.39 is 21.1 Å². The number of amides is 3. The van der Waals surface area contributed by atoms with Crippen molar-refractivity contribution in [1.82, 2.24) is 24.1 Å². The van der Waals surface area contributed by atoms with Gasteiger partial charge in [0.2, 0.25) is 5.95 Å². The average molecular weight is 698 g/mol. The number of rotatable bonds is 5. The summed E-state index contributed by atoms with van der Waals surface area (Å²) in [5.74, 6) is -0.216. The molecule has 42 heavy (non-hydrogen) atoms. The highest BCUT2D eigenvalue weighted by atomic mass is 79.9. The fourth-order valence-corrected chi connectivity index (χ4v) is 7.66. The summed E-state index contributed by atoms with van der Waals surface area (Å²) in [7, 11) is -4.11. The minimum absolute atomic E-state index is 0.103. The highest BCUT2D eigenvalue weighted by Crippen LogP contribution is 2.45. The number of hydrogen-bond donors (Lipinski definition) is 1. The number of benzene rings is 2. The Balaban J connectivity index is 1.53. The van der Waals surface area contributed by atoms with E-state index in [2.05, 4.69) is 26.2 Å². The molecule has 1 N–H and O–H groups in total. The van der Waals surface area contributed by atoms with Gasteiger partial charge >= 0.3 is 6.03 Å². The maximum Gasteiger partial charge on any atom is 0.317 e.